The summed E-state index contributed by atoms with van der Waals surface area (Å²) in [6, 6.07) is 9.37. The molecule has 2 rings (SSSR count). The fraction of sp³-hybridized carbons (Fsp3) is 0.0769. The average molecular weight is 199 g/mol. The van der Waals surface area contributed by atoms with Gasteiger partial charge in [-0.2, -0.15) is 0 Å². The number of rotatable bonds is 2. The van der Waals surface area contributed by atoms with E-state index in [1.165, 1.54) is 0 Å². The Morgan fingerprint density at radius 1 is 1.13 bits per heavy atom. The van der Waals surface area contributed by atoms with Crippen molar-refractivity contribution in [3.63, 3.8) is 0 Å². The SMILES string of the molecule is [O-]/C=C1/C=CC(C(O)c2ccccc2)=C1. The van der Waals surface area contributed by atoms with Crippen molar-refractivity contribution in [3.05, 3.63) is 71.5 Å². The van der Waals surface area contributed by atoms with Crippen LogP contribution in [0.5, 0.6) is 0 Å². The molecule has 1 atom stereocenters. The summed E-state index contributed by atoms with van der Waals surface area (Å²) in [6.45, 7) is 0. The maximum Gasteiger partial charge on any atom is 0.104 e. The maximum absolute atomic E-state index is 10.5. The van der Waals surface area contributed by atoms with E-state index in [1.54, 1.807) is 18.2 Å². The Bertz CT molecular complexity index is 427. The van der Waals surface area contributed by atoms with Gasteiger partial charge in [0, 0.05) is 0 Å². The highest BCUT2D eigenvalue weighted by molar-refractivity contribution is 5.48. The Labute approximate surface area is 88.5 Å². The van der Waals surface area contributed by atoms with Gasteiger partial charge in [0.05, 0.1) is 0 Å². The largest absolute Gasteiger partial charge is 0.877 e. The molecule has 1 N–H and O–H groups in total. The third-order valence-corrected chi connectivity index (χ3v) is 2.37. The van der Waals surface area contributed by atoms with Crippen molar-refractivity contribution in [2.45, 2.75) is 6.10 Å². The lowest BCUT2D eigenvalue weighted by Crippen LogP contribution is -1.98. The Morgan fingerprint density at radius 2 is 1.87 bits per heavy atom. The van der Waals surface area contributed by atoms with Gasteiger partial charge in [-0.05, 0) is 16.7 Å². The number of benzene rings is 1. The van der Waals surface area contributed by atoms with Crippen molar-refractivity contribution in [1.82, 2.24) is 0 Å². The third-order valence-electron chi connectivity index (χ3n) is 2.37. The van der Waals surface area contributed by atoms with E-state index >= 15 is 0 Å². The maximum atomic E-state index is 10.5. The molecule has 1 unspecified atom stereocenters. The van der Waals surface area contributed by atoms with Crippen molar-refractivity contribution in [2.24, 2.45) is 0 Å². The lowest BCUT2D eigenvalue weighted by molar-refractivity contribution is -0.275. The summed E-state index contributed by atoms with van der Waals surface area (Å²) in [5.74, 6) is 0. The fourth-order valence-corrected chi connectivity index (χ4v) is 1.55. The fourth-order valence-electron chi connectivity index (χ4n) is 1.55. The van der Waals surface area contributed by atoms with Gasteiger partial charge in [0.2, 0.25) is 0 Å². The van der Waals surface area contributed by atoms with Gasteiger partial charge in [0.25, 0.3) is 0 Å². The highest BCUT2D eigenvalue weighted by atomic mass is 16.3. The Morgan fingerprint density at radius 3 is 2.47 bits per heavy atom. The molecule has 0 spiro atoms. The van der Waals surface area contributed by atoms with Crippen LogP contribution >= 0.6 is 0 Å². The lowest BCUT2D eigenvalue weighted by Gasteiger charge is -2.10. The lowest BCUT2D eigenvalue weighted by atomic mass is 10.0. The average Bonchev–Trinajstić information content (AvgIpc) is 2.78. The van der Waals surface area contributed by atoms with Crippen LogP contribution in [-0.4, -0.2) is 5.11 Å². The molecule has 2 heteroatoms. The summed E-state index contributed by atoms with van der Waals surface area (Å²) < 4.78 is 0. The van der Waals surface area contributed by atoms with Gasteiger partial charge in [-0.25, -0.2) is 0 Å². The van der Waals surface area contributed by atoms with E-state index in [-0.39, 0.29) is 0 Å². The van der Waals surface area contributed by atoms with Crippen molar-refractivity contribution >= 4 is 0 Å². The highest BCUT2D eigenvalue weighted by Gasteiger charge is 2.13. The number of hydrogen-bond acceptors (Lipinski definition) is 2. The van der Waals surface area contributed by atoms with Gasteiger partial charge >= 0.3 is 0 Å². The number of aliphatic hydroxyl groups is 1. The highest BCUT2D eigenvalue weighted by Crippen LogP contribution is 2.27. The number of allylic oxidation sites excluding steroid dienone is 3. The molecule has 0 saturated heterocycles. The molecular formula is C13H11O2-. The molecule has 0 amide bonds. The van der Waals surface area contributed by atoms with Crippen LogP contribution in [0.2, 0.25) is 0 Å². The molecule has 1 aromatic rings. The van der Waals surface area contributed by atoms with Crippen LogP contribution in [0.15, 0.2) is 66.0 Å². The smallest absolute Gasteiger partial charge is 0.104 e. The molecule has 1 aromatic carbocycles. The summed E-state index contributed by atoms with van der Waals surface area (Å²) in [5, 5.41) is 20.5. The van der Waals surface area contributed by atoms with Crippen LogP contribution in [0.25, 0.3) is 0 Å². The molecule has 0 bridgehead atoms. The van der Waals surface area contributed by atoms with E-state index in [4.69, 9.17) is 0 Å². The second-order valence-corrected chi connectivity index (χ2v) is 3.41. The van der Waals surface area contributed by atoms with E-state index in [9.17, 15) is 10.2 Å². The van der Waals surface area contributed by atoms with Crippen molar-refractivity contribution in [3.8, 4) is 0 Å². The van der Waals surface area contributed by atoms with E-state index in [2.05, 4.69) is 0 Å². The first kappa shape index (κ1) is 9.74. The van der Waals surface area contributed by atoms with Gasteiger partial charge < -0.3 is 10.2 Å². The first-order valence-electron chi connectivity index (χ1n) is 4.76. The zero-order valence-electron chi connectivity index (χ0n) is 8.13. The van der Waals surface area contributed by atoms with Gasteiger partial charge in [-0.15, -0.1) is 6.26 Å². The Kier molecular flexibility index (Phi) is 2.70. The molecule has 0 fully saturated rings. The van der Waals surface area contributed by atoms with E-state index in [0.717, 1.165) is 17.4 Å². The molecular weight excluding hydrogens is 188 g/mol. The quantitative estimate of drug-likeness (QED) is 0.733. The minimum absolute atomic E-state index is 0.597. The molecule has 1 aliphatic rings. The minimum atomic E-state index is -0.653. The van der Waals surface area contributed by atoms with Gasteiger partial charge in [-0.3, -0.25) is 0 Å². The van der Waals surface area contributed by atoms with Crippen LogP contribution in [0.1, 0.15) is 11.7 Å². The zero-order chi connectivity index (χ0) is 10.7. The van der Waals surface area contributed by atoms with E-state index in [1.807, 2.05) is 30.3 Å². The normalized spacial score (nSPS) is 19.3. The van der Waals surface area contributed by atoms with Crippen molar-refractivity contribution in [2.75, 3.05) is 0 Å². The molecule has 0 heterocycles. The molecule has 1 aliphatic carbocycles. The summed E-state index contributed by atoms with van der Waals surface area (Å²) in [6.07, 6.45) is 5.29. The second-order valence-electron chi connectivity index (χ2n) is 3.41. The Balaban J connectivity index is 2.24. The van der Waals surface area contributed by atoms with Crippen molar-refractivity contribution < 1.29 is 10.2 Å². The summed E-state index contributed by atoms with van der Waals surface area (Å²) in [5.41, 5.74) is 2.18. The van der Waals surface area contributed by atoms with Gasteiger partial charge in [0.15, 0.2) is 0 Å². The molecule has 15 heavy (non-hydrogen) atoms. The third kappa shape index (κ3) is 2.00. The topological polar surface area (TPSA) is 43.3 Å². The van der Waals surface area contributed by atoms with Crippen molar-refractivity contribution in [1.29, 1.82) is 0 Å². The van der Waals surface area contributed by atoms with E-state index in [0.29, 0.717) is 5.57 Å². The first-order valence-corrected chi connectivity index (χ1v) is 4.76. The second kappa shape index (κ2) is 4.15. The molecule has 0 saturated carbocycles. The molecule has 0 radical (unpaired) electrons. The summed E-state index contributed by atoms with van der Waals surface area (Å²) in [7, 11) is 0. The van der Waals surface area contributed by atoms with Gasteiger partial charge in [0.1, 0.15) is 6.10 Å². The summed E-state index contributed by atoms with van der Waals surface area (Å²) in [4.78, 5) is 0. The molecule has 0 aliphatic heterocycles. The van der Waals surface area contributed by atoms with E-state index < -0.39 is 6.10 Å². The predicted molar refractivity (Wildman–Crippen MR) is 56.7 cm³/mol. The van der Waals surface area contributed by atoms with Crippen LogP contribution in [0.4, 0.5) is 0 Å². The minimum Gasteiger partial charge on any atom is -0.877 e. The molecule has 0 aromatic heterocycles. The van der Waals surface area contributed by atoms with Gasteiger partial charge in [-0.1, -0.05) is 48.6 Å². The van der Waals surface area contributed by atoms with Crippen LogP contribution in [-0.2, 0) is 0 Å². The van der Waals surface area contributed by atoms with Crippen LogP contribution in [0, 0.1) is 0 Å². The zero-order valence-corrected chi connectivity index (χ0v) is 8.13. The summed E-state index contributed by atoms with van der Waals surface area (Å²) >= 11 is 0. The first-order chi connectivity index (χ1) is 7.31. The molecule has 76 valence electrons. The predicted octanol–water partition coefficient (Wildman–Crippen LogP) is 1.46. The van der Waals surface area contributed by atoms with Crippen LogP contribution in [0.3, 0.4) is 0 Å². The molecule has 2 nitrogen and oxygen atoms in total. The number of aliphatic hydroxyl groups excluding tert-OH is 1. The monoisotopic (exact) mass is 199 g/mol. The standard InChI is InChI=1S/C13H12O2/c14-9-10-6-7-12(8-10)13(15)11-4-2-1-3-5-11/h1-9,13-15H/p-1/b10-9-. The Hall–Kier alpha value is -1.80. The number of hydrogen-bond donors (Lipinski definition) is 1. The van der Waals surface area contributed by atoms with Crippen LogP contribution < -0.4 is 5.11 Å².